The van der Waals surface area contributed by atoms with Gasteiger partial charge in [-0.3, -0.25) is 4.99 Å². The van der Waals surface area contributed by atoms with Crippen molar-refractivity contribution in [3.05, 3.63) is 169 Å². The van der Waals surface area contributed by atoms with Crippen LogP contribution in [0.4, 0.5) is 5.69 Å². The summed E-state index contributed by atoms with van der Waals surface area (Å²) in [5.41, 5.74) is 16.4. The van der Waals surface area contributed by atoms with Crippen molar-refractivity contribution in [2.24, 2.45) is 4.99 Å². The third kappa shape index (κ3) is 4.88. The zero-order chi connectivity index (χ0) is 31.9. The average Bonchev–Trinajstić information content (AvgIpc) is 3.98. The van der Waals surface area contributed by atoms with Crippen molar-refractivity contribution in [3.63, 3.8) is 0 Å². The van der Waals surface area contributed by atoms with Gasteiger partial charge in [0.15, 0.2) is 0 Å². The Balaban J connectivity index is 1.49. The van der Waals surface area contributed by atoms with E-state index in [0.717, 1.165) is 89.2 Å². The highest BCUT2D eigenvalue weighted by Gasteiger charge is 2.19. The number of fused-ring (bicyclic) bond motifs is 8. The van der Waals surface area contributed by atoms with E-state index in [1.165, 1.54) is 0 Å². The number of benzene rings is 4. The van der Waals surface area contributed by atoms with E-state index >= 15 is 0 Å². The van der Waals surface area contributed by atoms with E-state index in [1.54, 1.807) is 0 Å². The molecule has 3 aromatic heterocycles. The van der Waals surface area contributed by atoms with E-state index in [9.17, 15) is 0 Å². The fourth-order valence-electron chi connectivity index (χ4n) is 6.87. The standard InChI is InChI=1S/C44H30N4/c1-5-13-29(14-6-1)41-33-27-40(45-28-33)44(32-19-11-4-12-20-32)39-26-25-38(48-39)43(31-17-9-3-10-18-31)37-24-23-36(47-37)42(30-15-7-2-8-16-30)35-22-21-34(41)46-35/h1-28,47-48H. The molecule has 4 nitrogen and oxygen atoms in total. The van der Waals surface area contributed by atoms with Gasteiger partial charge in [0, 0.05) is 56.1 Å². The van der Waals surface area contributed by atoms with E-state index in [1.807, 2.05) is 18.3 Å². The third-order valence-corrected chi connectivity index (χ3v) is 9.03. The van der Waals surface area contributed by atoms with Crippen LogP contribution in [0.3, 0.4) is 0 Å². The highest BCUT2D eigenvalue weighted by atomic mass is 14.8. The Bertz CT molecular complexity index is 2380. The molecule has 4 heteroatoms. The summed E-state index contributed by atoms with van der Waals surface area (Å²) in [4.78, 5) is 18.0. The van der Waals surface area contributed by atoms with Crippen LogP contribution in [0.15, 0.2) is 157 Å². The SMILES string of the molecule is C1=Cc2nc1c(-c1ccccc1)c1cc(c(-c3ccccc3)c3ccc([nH]3)c(-c3ccccc3)c3ccc([nH]3)c2-c2ccccc2)N=C1. The maximum absolute atomic E-state index is 5.35. The lowest BCUT2D eigenvalue weighted by atomic mass is 9.99. The van der Waals surface area contributed by atoms with Crippen LogP contribution in [0.5, 0.6) is 0 Å². The lowest BCUT2D eigenvalue weighted by molar-refractivity contribution is 1.32. The Kier molecular flexibility index (Phi) is 6.76. The monoisotopic (exact) mass is 614 g/mol. The molecule has 0 fully saturated rings. The molecule has 2 aliphatic heterocycles. The van der Waals surface area contributed by atoms with E-state index in [2.05, 4.69) is 162 Å². The van der Waals surface area contributed by atoms with Crippen molar-refractivity contribution >= 4 is 46.1 Å². The summed E-state index contributed by atoms with van der Waals surface area (Å²) in [6, 6.07) is 53.0. The summed E-state index contributed by atoms with van der Waals surface area (Å²) in [6.45, 7) is 0. The zero-order valence-corrected chi connectivity index (χ0v) is 26.1. The smallest absolute Gasteiger partial charge is 0.0737 e. The van der Waals surface area contributed by atoms with Gasteiger partial charge in [-0.05, 0) is 64.7 Å². The van der Waals surface area contributed by atoms with Crippen LogP contribution < -0.4 is 0 Å². The molecule has 2 N–H and O–H groups in total. The third-order valence-electron chi connectivity index (χ3n) is 9.03. The number of nitrogens with one attached hydrogen (secondary N) is 2. The number of H-pyrrole nitrogens is 2. The highest BCUT2D eigenvalue weighted by Crippen LogP contribution is 2.40. The molecule has 0 saturated carbocycles. The summed E-state index contributed by atoms with van der Waals surface area (Å²) in [7, 11) is 0. The minimum absolute atomic E-state index is 0.900. The van der Waals surface area contributed by atoms with Crippen LogP contribution in [0.25, 0.3) is 78.7 Å². The van der Waals surface area contributed by atoms with E-state index in [-0.39, 0.29) is 0 Å². The number of aliphatic imine (C=N–C) groups is 1. The normalized spacial score (nSPS) is 12.0. The van der Waals surface area contributed by atoms with Gasteiger partial charge in [-0.1, -0.05) is 121 Å². The van der Waals surface area contributed by atoms with Crippen molar-refractivity contribution in [1.29, 1.82) is 0 Å². The van der Waals surface area contributed by atoms with Gasteiger partial charge in [0.2, 0.25) is 0 Å². The maximum Gasteiger partial charge on any atom is 0.0737 e. The molecule has 7 aromatic rings. The average molecular weight is 615 g/mol. The number of rotatable bonds is 4. The first kappa shape index (κ1) is 27.8. The second-order valence-electron chi connectivity index (χ2n) is 12.0. The van der Waals surface area contributed by atoms with Crippen LogP contribution in [-0.2, 0) is 0 Å². The Morgan fingerprint density at radius 1 is 0.375 bits per heavy atom. The topological polar surface area (TPSA) is 56.8 Å². The molecule has 0 spiro atoms. The summed E-state index contributed by atoms with van der Waals surface area (Å²) >= 11 is 0. The van der Waals surface area contributed by atoms with Gasteiger partial charge in [-0.15, -0.1) is 0 Å². The number of nitrogens with zero attached hydrogens (tertiary/aromatic N) is 2. The van der Waals surface area contributed by atoms with Gasteiger partial charge in [-0.25, -0.2) is 4.98 Å². The summed E-state index contributed by atoms with van der Waals surface area (Å²) in [6.07, 6.45) is 6.25. The van der Waals surface area contributed by atoms with Crippen molar-refractivity contribution < 1.29 is 0 Å². The molecule has 0 atom stereocenters. The van der Waals surface area contributed by atoms with Crippen LogP contribution in [0, 0.1) is 0 Å². The lowest BCUT2D eigenvalue weighted by Gasteiger charge is -2.06. The Morgan fingerprint density at radius 2 is 0.771 bits per heavy atom. The first-order valence-corrected chi connectivity index (χ1v) is 16.2. The Hall–Kier alpha value is -6.52. The Morgan fingerprint density at radius 3 is 1.29 bits per heavy atom. The van der Waals surface area contributed by atoms with Crippen molar-refractivity contribution in [2.75, 3.05) is 0 Å². The zero-order valence-electron chi connectivity index (χ0n) is 26.1. The van der Waals surface area contributed by atoms with E-state index in [0.29, 0.717) is 0 Å². The minimum atomic E-state index is 0.900. The lowest BCUT2D eigenvalue weighted by Crippen LogP contribution is -1.90. The molecule has 8 bridgehead atoms. The molecule has 0 saturated heterocycles. The first-order valence-electron chi connectivity index (χ1n) is 16.2. The number of hydrogen-bond donors (Lipinski definition) is 2. The van der Waals surface area contributed by atoms with Crippen molar-refractivity contribution in [1.82, 2.24) is 15.0 Å². The second kappa shape index (κ2) is 11.7. The van der Waals surface area contributed by atoms with Gasteiger partial charge in [0.25, 0.3) is 0 Å². The summed E-state index contributed by atoms with van der Waals surface area (Å²) in [5, 5.41) is 0. The van der Waals surface area contributed by atoms with Gasteiger partial charge in [0.05, 0.1) is 17.1 Å². The molecule has 0 aliphatic carbocycles. The van der Waals surface area contributed by atoms with Crippen LogP contribution in [0.1, 0.15) is 17.0 Å². The minimum Gasteiger partial charge on any atom is -0.354 e. The fraction of sp³-hybridized carbons (Fsp3) is 0. The van der Waals surface area contributed by atoms with Crippen LogP contribution in [-0.4, -0.2) is 21.2 Å². The van der Waals surface area contributed by atoms with Gasteiger partial charge in [-0.2, -0.15) is 0 Å². The number of aromatic nitrogens is 3. The molecular weight excluding hydrogens is 585 g/mol. The molecule has 2 aliphatic rings. The van der Waals surface area contributed by atoms with Crippen LogP contribution in [0.2, 0.25) is 0 Å². The number of hydrogen-bond acceptors (Lipinski definition) is 2. The molecule has 9 rings (SSSR count). The predicted molar refractivity (Wildman–Crippen MR) is 201 cm³/mol. The molecule has 48 heavy (non-hydrogen) atoms. The molecule has 4 aromatic carbocycles. The largest absolute Gasteiger partial charge is 0.354 e. The summed E-state index contributed by atoms with van der Waals surface area (Å²) in [5.74, 6) is 0. The highest BCUT2D eigenvalue weighted by molar-refractivity contribution is 6.04. The molecule has 226 valence electrons. The van der Waals surface area contributed by atoms with Crippen molar-refractivity contribution in [2.45, 2.75) is 0 Å². The summed E-state index contributed by atoms with van der Waals surface area (Å²) < 4.78 is 0. The second-order valence-corrected chi connectivity index (χ2v) is 12.0. The first-order chi connectivity index (χ1) is 23.8. The van der Waals surface area contributed by atoms with Crippen molar-refractivity contribution in [3.8, 4) is 44.5 Å². The molecule has 0 amide bonds. The predicted octanol–water partition coefficient (Wildman–Crippen LogP) is 11.5. The van der Waals surface area contributed by atoms with E-state index in [4.69, 9.17) is 9.98 Å². The molecular formula is C44H30N4. The molecule has 0 unspecified atom stereocenters. The van der Waals surface area contributed by atoms with Crippen LogP contribution >= 0.6 is 0 Å². The van der Waals surface area contributed by atoms with Gasteiger partial charge >= 0.3 is 0 Å². The van der Waals surface area contributed by atoms with Gasteiger partial charge in [0.1, 0.15) is 0 Å². The number of aromatic amines is 2. The van der Waals surface area contributed by atoms with Gasteiger partial charge < -0.3 is 9.97 Å². The molecule has 5 heterocycles. The molecule has 0 radical (unpaired) electrons. The quantitative estimate of drug-likeness (QED) is 0.204. The fourth-order valence-corrected chi connectivity index (χ4v) is 6.87. The maximum atomic E-state index is 5.35. The Labute approximate surface area is 278 Å². The van der Waals surface area contributed by atoms with E-state index < -0.39 is 0 Å².